The molecule has 0 saturated carbocycles. The van der Waals surface area contributed by atoms with E-state index < -0.39 is 0 Å². The standard InChI is InChI=1S/C15H24N4O/c1-12-10-13(17-11-16-12)18-6-5-7-19(9-8-18)14(20)15(2,3)4/h10-11H,5-9H2,1-4H3. The van der Waals surface area contributed by atoms with Crippen molar-refractivity contribution in [1.82, 2.24) is 14.9 Å². The number of rotatable bonds is 1. The summed E-state index contributed by atoms with van der Waals surface area (Å²) in [6.45, 7) is 11.3. The lowest BCUT2D eigenvalue weighted by molar-refractivity contribution is -0.139. The third-order valence-corrected chi connectivity index (χ3v) is 3.54. The number of anilines is 1. The molecule has 2 rings (SSSR count). The maximum absolute atomic E-state index is 12.4. The second-order valence-corrected chi connectivity index (χ2v) is 6.40. The number of aromatic nitrogens is 2. The zero-order chi connectivity index (χ0) is 14.8. The van der Waals surface area contributed by atoms with Gasteiger partial charge in [0.25, 0.3) is 0 Å². The molecule has 1 aromatic heterocycles. The number of carbonyl (C=O) groups is 1. The Balaban J connectivity index is 2.04. The fourth-order valence-corrected chi connectivity index (χ4v) is 2.44. The minimum absolute atomic E-state index is 0.234. The number of amides is 1. The highest BCUT2D eigenvalue weighted by Gasteiger charge is 2.28. The molecule has 0 atom stereocenters. The zero-order valence-electron chi connectivity index (χ0n) is 12.9. The Kier molecular flexibility index (Phi) is 4.26. The zero-order valence-corrected chi connectivity index (χ0v) is 12.9. The van der Waals surface area contributed by atoms with E-state index in [4.69, 9.17) is 0 Å². The molecule has 0 bridgehead atoms. The predicted octanol–water partition coefficient (Wildman–Crippen LogP) is 1.87. The number of hydrogen-bond acceptors (Lipinski definition) is 4. The number of hydrogen-bond donors (Lipinski definition) is 0. The van der Waals surface area contributed by atoms with Gasteiger partial charge in [0.15, 0.2) is 0 Å². The molecular weight excluding hydrogens is 252 g/mol. The lowest BCUT2D eigenvalue weighted by Crippen LogP contribution is -2.41. The first kappa shape index (κ1) is 14.8. The number of carbonyl (C=O) groups excluding carboxylic acids is 1. The first-order valence-electron chi connectivity index (χ1n) is 7.21. The molecule has 5 nitrogen and oxygen atoms in total. The maximum atomic E-state index is 12.4. The minimum atomic E-state index is -0.305. The van der Waals surface area contributed by atoms with E-state index in [-0.39, 0.29) is 11.3 Å². The van der Waals surface area contributed by atoms with Crippen LogP contribution >= 0.6 is 0 Å². The van der Waals surface area contributed by atoms with Crippen LogP contribution in [-0.2, 0) is 4.79 Å². The van der Waals surface area contributed by atoms with Crippen molar-refractivity contribution in [3.8, 4) is 0 Å². The van der Waals surface area contributed by atoms with Crippen LogP contribution in [0.2, 0.25) is 0 Å². The summed E-state index contributed by atoms with van der Waals surface area (Å²) < 4.78 is 0. The lowest BCUT2D eigenvalue weighted by atomic mass is 9.94. The van der Waals surface area contributed by atoms with Crippen molar-refractivity contribution >= 4 is 11.7 Å². The monoisotopic (exact) mass is 276 g/mol. The van der Waals surface area contributed by atoms with Crippen LogP contribution in [0.3, 0.4) is 0 Å². The van der Waals surface area contributed by atoms with E-state index in [0.717, 1.165) is 44.1 Å². The number of aryl methyl sites for hydroxylation is 1. The number of nitrogens with zero attached hydrogens (tertiary/aromatic N) is 4. The van der Waals surface area contributed by atoms with Gasteiger partial charge >= 0.3 is 0 Å². The van der Waals surface area contributed by atoms with E-state index in [1.807, 2.05) is 38.7 Å². The fourth-order valence-electron chi connectivity index (χ4n) is 2.44. The largest absolute Gasteiger partial charge is 0.355 e. The van der Waals surface area contributed by atoms with Gasteiger partial charge < -0.3 is 9.80 Å². The molecular formula is C15H24N4O. The van der Waals surface area contributed by atoms with Crippen molar-refractivity contribution in [1.29, 1.82) is 0 Å². The van der Waals surface area contributed by atoms with Crippen LogP contribution in [0.25, 0.3) is 0 Å². The second-order valence-electron chi connectivity index (χ2n) is 6.40. The summed E-state index contributed by atoms with van der Waals surface area (Å²) in [6.07, 6.45) is 2.58. The van der Waals surface area contributed by atoms with Crippen LogP contribution in [-0.4, -0.2) is 47.0 Å². The first-order valence-corrected chi connectivity index (χ1v) is 7.21. The van der Waals surface area contributed by atoms with E-state index in [2.05, 4.69) is 14.9 Å². The summed E-state index contributed by atoms with van der Waals surface area (Å²) >= 11 is 0. The molecule has 1 fully saturated rings. The van der Waals surface area contributed by atoms with Gasteiger partial charge in [0.05, 0.1) is 0 Å². The Labute approximate surface area is 121 Å². The van der Waals surface area contributed by atoms with Gasteiger partial charge in [0.1, 0.15) is 12.1 Å². The van der Waals surface area contributed by atoms with E-state index >= 15 is 0 Å². The second kappa shape index (κ2) is 5.77. The highest BCUT2D eigenvalue weighted by atomic mass is 16.2. The molecule has 0 unspecified atom stereocenters. The van der Waals surface area contributed by atoms with Gasteiger partial charge in [-0.05, 0) is 13.3 Å². The molecule has 0 spiro atoms. The highest BCUT2D eigenvalue weighted by Crippen LogP contribution is 2.20. The predicted molar refractivity (Wildman–Crippen MR) is 79.6 cm³/mol. The van der Waals surface area contributed by atoms with Crippen molar-refractivity contribution in [2.75, 3.05) is 31.1 Å². The molecule has 1 aromatic rings. The van der Waals surface area contributed by atoms with Gasteiger partial charge in [0.2, 0.25) is 5.91 Å². The molecule has 110 valence electrons. The van der Waals surface area contributed by atoms with Crippen LogP contribution in [0, 0.1) is 12.3 Å². The van der Waals surface area contributed by atoms with Crippen LogP contribution in [0.5, 0.6) is 0 Å². The molecule has 0 aliphatic carbocycles. The summed E-state index contributed by atoms with van der Waals surface area (Å²) in [4.78, 5) is 25.0. The SMILES string of the molecule is Cc1cc(N2CCCN(C(=O)C(C)(C)C)CC2)ncn1. The van der Waals surface area contributed by atoms with Gasteiger partial charge in [-0.1, -0.05) is 20.8 Å². The van der Waals surface area contributed by atoms with Crippen molar-refractivity contribution in [2.45, 2.75) is 34.1 Å². The summed E-state index contributed by atoms with van der Waals surface area (Å²) in [7, 11) is 0. The van der Waals surface area contributed by atoms with E-state index in [9.17, 15) is 4.79 Å². The maximum Gasteiger partial charge on any atom is 0.228 e. The van der Waals surface area contributed by atoms with Crippen LogP contribution in [0.4, 0.5) is 5.82 Å². The Bertz CT molecular complexity index is 481. The van der Waals surface area contributed by atoms with Gasteiger partial charge in [0, 0.05) is 43.4 Å². The van der Waals surface area contributed by atoms with Crippen LogP contribution in [0.1, 0.15) is 32.9 Å². The third kappa shape index (κ3) is 3.46. The molecule has 20 heavy (non-hydrogen) atoms. The normalized spacial score (nSPS) is 17.0. The summed E-state index contributed by atoms with van der Waals surface area (Å²) in [5.41, 5.74) is 0.669. The topological polar surface area (TPSA) is 49.3 Å². The minimum Gasteiger partial charge on any atom is -0.355 e. The fraction of sp³-hybridized carbons (Fsp3) is 0.667. The average Bonchev–Trinajstić information content (AvgIpc) is 2.62. The quantitative estimate of drug-likeness (QED) is 0.785. The molecule has 0 aromatic carbocycles. The highest BCUT2D eigenvalue weighted by molar-refractivity contribution is 5.81. The Morgan fingerprint density at radius 1 is 1.15 bits per heavy atom. The van der Waals surface area contributed by atoms with Crippen molar-refractivity contribution in [3.63, 3.8) is 0 Å². The molecule has 0 N–H and O–H groups in total. The van der Waals surface area contributed by atoms with Crippen molar-refractivity contribution in [2.24, 2.45) is 5.41 Å². The molecule has 2 heterocycles. The Morgan fingerprint density at radius 2 is 1.90 bits per heavy atom. The first-order chi connectivity index (χ1) is 9.38. The third-order valence-electron chi connectivity index (χ3n) is 3.54. The molecule has 1 aliphatic rings. The summed E-state index contributed by atoms with van der Waals surface area (Å²) in [5, 5.41) is 0. The summed E-state index contributed by atoms with van der Waals surface area (Å²) in [5.74, 6) is 1.20. The average molecular weight is 276 g/mol. The van der Waals surface area contributed by atoms with Crippen molar-refractivity contribution in [3.05, 3.63) is 18.1 Å². The van der Waals surface area contributed by atoms with Gasteiger partial charge in [-0.2, -0.15) is 0 Å². The van der Waals surface area contributed by atoms with Crippen LogP contribution in [0.15, 0.2) is 12.4 Å². The van der Waals surface area contributed by atoms with Crippen LogP contribution < -0.4 is 4.90 Å². The summed E-state index contributed by atoms with van der Waals surface area (Å²) in [6, 6.07) is 2.00. The Morgan fingerprint density at radius 3 is 2.55 bits per heavy atom. The van der Waals surface area contributed by atoms with Crippen molar-refractivity contribution < 1.29 is 4.79 Å². The van der Waals surface area contributed by atoms with E-state index in [1.54, 1.807) is 6.33 Å². The van der Waals surface area contributed by atoms with Gasteiger partial charge in [-0.3, -0.25) is 4.79 Å². The van der Waals surface area contributed by atoms with E-state index in [1.165, 1.54) is 0 Å². The van der Waals surface area contributed by atoms with Gasteiger partial charge in [-0.25, -0.2) is 9.97 Å². The molecule has 1 amide bonds. The molecule has 0 radical (unpaired) electrons. The Hall–Kier alpha value is -1.65. The molecule has 5 heteroatoms. The molecule has 1 aliphatic heterocycles. The van der Waals surface area contributed by atoms with E-state index in [0.29, 0.717) is 0 Å². The van der Waals surface area contributed by atoms with Gasteiger partial charge in [-0.15, -0.1) is 0 Å². The smallest absolute Gasteiger partial charge is 0.228 e. The lowest BCUT2D eigenvalue weighted by Gasteiger charge is -2.28. The molecule has 1 saturated heterocycles.